The maximum absolute atomic E-state index is 11.5. The summed E-state index contributed by atoms with van der Waals surface area (Å²) in [6, 6.07) is 4.97. The first kappa shape index (κ1) is 15.5. The molecule has 0 fully saturated rings. The van der Waals surface area contributed by atoms with E-state index >= 15 is 0 Å². The Labute approximate surface area is 115 Å². The number of hydrogen-bond donors (Lipinski definition) is 2. The van der Waals surface area contributed by atoms with Crippen molar-refractivity contribution in [2.24, 2.45) is 5.92 Å². The largest absolute Gasteiger partial charge is 0.481 e. The summed E-state index contributed by atoms with van der Waals surface area (Å²) in [4.78, 5) is 22.2. The molecule has 2 N–H and O–H groups in total. The third-order valence-corrected chi connectivity index (χ3v) is 3.08. The summed E-state index contributed by atoms with van der Waals surface area (Å²) < 4.78 is 4.59. The van der Waals surface area contributed by atoms with Gasteiger partial charge in [0.25, 0.3) is 0 Å². The highest BCUT2D eigenvalue weighted by Gasteiger charge is 2.23. The number of rotatable bonds is 6. The molecule has 0 saturated heterocycles. The summed E-state index contributed by atoms with van der Waals surface area (Å²) >= 11 is 5.94. The number of hydrogen-bond acceptors (Lipinski definition) is 4. The van der Waals surface area contributed by atoms with E-state index in [4.69, 9.17) is 21.8 Å². The Bertz CT molecular complexity index is 472. The first-order chi connectivity index (χ1) is 8.97. The van der Waals surface area contributed by atoms with E-state index in [2.05, 4.69) is 4.74 Å². The molecule has 0 aliphatic rings. The molecule has 0 amide bonds. The molecule has 0 aliphatic carbocycles. The van der Waals surface area contributed by atoms with Crippen LogP contribution in [0.3, 0.4) is 0 Å². The van der Waals surface area contributed by atoms with Crippen LogP contribution in [0, 0.1) is 5.92 Å². The number of ether oxygens (including phenoxy) is 1. The highest BCUT2D eigenvalue weighted by atomic mass is 35.5. The second-order valence-electron chi connectivity index (χ2n) is 4.11. The molecule has 1 aromatic carbocycles. The van der Waals surface area contributed by atoms with Crippen molar-refractivity contribution in [3.63, 3.8) is 0 Å². The van der Waals surface area contributed by atoms with Crippen LogP contribution in [0.25, 0.3) is 0 Å². The van der Waals surface area contributed by atoms with E-state index in [0.29, 0.717) is 10.6 Å². The van der Waals surface area contributed by atoms with Crippen LogP contribution >= 0.6 is 11.6 Å². The van der Waals surface area contributed by atoms with Gasteiger partial charge in [0.15, 0.2) is 0 Å². The number of carbonyl (C=O) groups is 2. The van der Waals surface area contributed by atoms with Gasteiger partial charge in [-0.15, -0.1) is 0 Å². The van der Waals surface area contributed by atoms with Crippen LogP contribution in [0.15, 0.2) is 18.2 Å². The van der Waals surface area contributed by atoms with Gasteiger partial charge < -0.3 is 14.9 Å². The van der Waals surface area contributed by atoms with Crippen molar-refractivity contribution in [3.8, 4) is 0 Å². The predicted molar refractivity (Wildman–Crippen MR) is 68.8 cm³/mol. The van der Waals surface area contributed by atoms with Crippen molar-refractivity contribution in [3.05, 3.63) is 34.3 Å². The minimum atomic E-state index is -1.06. The topological polar surface area (TPSA) is 83.8 Å². The molecule has 0 heterocycles. The molecule has 0 radical (unpaired) electrons. The van der Waals surface area contributed by atoms with Crippen LogP contribution in [0.4, 0.5) is 0 Å². The molecule has 19 heavy (non-hydrogen) atoms. The zero-order valence-corrected chi connectivity index (χ0v) is 11.2. The van der Waals surface area contributed by atoms with Gasteiger partial charge in [-0.05, 0) is 23.6 Å². The highest BCUT2D eigenvalue weighted by molar-refractivity contribution is 6.31. The first-order valence-corrected chi connectivity index (χ1v) is 6.03. The molecule has 5 nitrogen and oxygen atoms in total. The molecule has 104 valence electrons. The lowest BCUT2D eigenvalue weighted by molar-refractivity contribution is -0.150. The average Bonchev–Trinajstić information content (AvgIpc) is 2.36. The maximum Gasteiger partial charge on any atom is 0.309 e. The number of halogens is 1. The number of aliphatic carboxylic acids is 1. The summed E-state index contributed by atoms with van der Waals surface area (Å²) in [5.74, 6) is -2.38. The second kappa shape index (κ2) is 7.11. The van der Waals surface area contributed by atoms with Crippen molar-refractivity contribution in [1.29, 1.82) is 0 Å². The van der Waals surface area contributed by atoms with Crippen molar-refractivity contribution in [2.45, 2.75) is 19.4 Å². The second-order valence-corrected chi connectivity index (χ2v) is 4.51. The minimum absolute atomic E-state index is 0.172. The van der Waals surface area contributed by atoms with Crippen LogP contribution in [-0.2, 0) is 27.4 Å². The Balaban J connectivity index is 2.86. The smallest absolute Gasteiger partial charge is 0.309 e. The van der Waals surface area contributed by atoms with Gasteiger partial charge in [0, 0.05) is 5.02 Å². The van der Waals surface area contributed by atoms with Crippen LogP contribution in [0.5, 0.6) is 0 Å². The van der Waals surface area contributed by atoms with E-state index in [1.54, 1.807) is 18.2 Å². The summed E-state index contributed by atoms with van der Waals surface area (Å²) in [5.41, 5.74) is 1.30. The lowest BCUT2D eigenvalue weighted by Gasteiger charge is -2.13. The van der Waals surface area contributed by atoms with Gasteiger partial charge in [0.05, 0.1) is 26.1 Å². The molecule has 1 atom stereocenters. The Morgan fingerprint density at radius 2 is 2.11 bits per heavy atom. The zero-order valence-electron chi connectivity index (χ0n) is 10.4. The first-order valence-electron chi connectivity index (χ1n) is 5.65. The van der Waals surface area contributed by atoms with Crippen molar-refractivity contribution < 1.29 is 24.5 Å². The van der Waals surface area contributed by atoms with E-state index in [-0.39, 0.29) is 19.4 Å². The monoisotopic (exact) mass is 286 g/mol. The Kier molecular flexibility index (Phi) is 5.79. The number of carbonyl (C=O) groups excluding carboxylic acids is 1. The molecule has 1 aromatic rings. The van der Waals surface area contributed by atoms with Gasteiger partial charge in [-0.25, -0.2) is 0 Å². The molecule has 0 unspecified atom stereocenters. The van der Waals surface area contributed by atoms with E-state index in [1.165, 1.54) is 7.11 Å². The highest BCUT2D eigenvalue weighted by Crippen LogP contribution is 2.21. The van der Waals surface area contributed by atoms with Crippen LogP contribution in [-0.4, -0.2) is 29.3 Å². The normalized spacial score (nSPS) is 11.9. The van der Waals surface area contributed by atoms with Crippen molar-refractivity contribution in [2.75, 3.05) is 7.11 Å². The number of methoxy groups -OCH3 is 1. The van der Waals surface area contributed by atoms with Gasteiger partial charge in [-0.3, -0.25) is 9.59 Å². The Morgan fingerprint density at radius 3 is 2.58 bits per heavy atom. The number of aliphatic hydroxyl groups is 1. The average molecular weight is 287 g/mol. The van der Waals surface area contributed by atoms with Gasteiger partial charge in [0.1, 0.15) is 0 Å². The standard InChI is InChI=1S/C13H15ClO5/c1-19-13(18)10(6-12(16)17)4-8-2-3-9(7-15)11(14)5-8/h2-3,5,10,15H,4,6-7H2,1H3,(H,16,17)/t10-/m0/s1. The molecule has 6 heteroatoms. The number of benzene rings is 1. The molecular formula is C13H15ClO5. The van der Waals surface area contributed by atoms with E-state index in [0.717, 1.165) is 5.56 Å². The lowest BCUT2D eigenvalue weighted by atomic mass is 9.95. The van der Waals surface area contributed by atoms with Crippen LogP contribution in [0.1, 0.15) is 17.5 Å². The van der Waals surface area contributed by atoms with Crippen LogP contribution in [0.2, 0.25) is 5.02 Å². The predicted octanol–water partition coefficient (Wildman–Crippen LogP) is 1.64. The molecule has 1 rings (SSSR count). The molecule has 0 aromatic heterocycles. The van der Waals surface area contributed by atoms with E-state index in [1.807, 2.05) is 0 Å². The van der Waals surface area contributed by atoms with Crippen molar-refractivity contribution >= 4 is 23.5 Å². The minimum Gasteiger partial charge on any atom is -0.481 e. The lowest BCUT2D eigenvalue weighted by Crippen LogP contribution is -2.22. The summed E-state index contributed by atoms with van der Waals surface area (Å²) in [6.45, 7) is -0.172. The number of carboxylic acid groups (broad SMARTS) is 1. The van der Waals surface area contributed by atoms with E-state index in [9.17, 15) is 9.59 Å². The quantitative estimate of drug-likeness (QED) is 0.777. The van der Waals surface area contributed by atoms with Gasteiger partial charge in [-0.2, -0.15) is 0 Å². The Morgan fingerprint density at radius 1 is 1.42 bits per heavy atom. The van der Waals surface area contributed by atoms with Crippen LogP contribution < -0.4 is 0 Å². The van der Waals surface area contributed by atoms with Gasteiger partial charge in [-0.1, -0.05) is 23.7 Å². The number of aliphatic hydroxyl groups excluding tert-OH is 1. The van der Waals surface area contributed by atoms with Crippen molar-refractivity contribution in [1.82, 2.24) is 0 Å². The maximum atomic E-state index is 11.5. The zero-order chi connectivity index (χ0) is 14.4. The van der Waals surface area contributed by atoms with Gasteiger partial charge >= 0.3 is 11.9 Å². The molecule has 0 bridgehead atoms. The Hall–Kier alpha value is -1.59. The molecule has 0 spiro atoms. The summed E-state index contributed by atoms with van der Waals surface area (Å²) in [5, 5.41) is 18.2. The third kappa shape index (κ3) is 4.54. The molecular weight excluding hydrogens is 272 g/mol. The fourth-order valence-electron chi connectivity index (χ4n) is 1.75. The number of carboxylic acids is 1. The fourth-order valence-corrected chi connectivity index (χ4v) is 2.01. The van der Waals surface area contributed by atoms with E-state index < -0.39 is 17.9 Å². The SMILES string of the molecule is COC(=O)[C@H](CC(=O)O)Cc1ccc(CO)c(Cl)c1. The molecule has 0 saturated carbocycles. The summed E-state index contributed by atoms with van der Waals surface area (Å²) in [6.07, 6.45) is -0.0730. The van der Waals surface area contributed by atoms with Gasteiger partial charge in [0.2, 0.25) is 0 Å². The number of esters is 1. The molecule has 0 aliphatic heterocycles. The summed E-state index contributed by atoms with van der Waals surface area (Å²) in [7, 11) is 1.22. The third-order valence-electron chi connectivity index (χ3n) is 2.73. The fraction of sp³-hybridized carbons (Fsp3) is 0.385.